The van der Waals surface area contributed by atoms with Crippen LogP contribution in [0.2, 0.25) is 0 Å². The SMILES string of the molecule is CCc1ccc2c(C(C)C)cccc2n1. The highest BCUT2D eigenvalue weighted by atomic mass is 14.7. The van der Waals surface area contributed by atoms with Gasteiger partial charge in [-0.15, -0.1) is 0 Å². The first-order valence-electron chi connectivity index (χ1n) is 5.61. The van der Waals surface area contributed by atoms with E-state index in [1.807, 2.05) is 0 Å². The van der Waals surface area contributed by atoms with Gasteiger partial charge in [0.05, 0.1) is 5.52 Å². The molecule has 0 N–H and O–H groups in total. The van der Waals surface area contributed by atoms with Gasteiger partial charge in [0.2, 0.25) is 0 Å². The van der Waals surface area contributed by atoms with Gasteiger partial charge in [0, 0.05) is 11.1 Å². The highest BCUT2D eigenvalue weighted by Gasteiger charge is 2.05. The normalized spacial score (nSPS) is 11.2. The molecule has 15 heavy (non-hydrogen) atoms. The maximum atomic E-state index is 4.64. The highest BCUT2D eigenvalue weighted by molar-refractivity contribution is 5.82. The van der Waals surface area contributed by atoms with Gasteiger partial charge >= 0.3 is 0 Å². The molecule has 0 saturated heterocycles. The summed E-state index contributed by atoms with van der Waals surface area (Å²) in [5, 5.41) is 1.30. The van der Waals surface area contributed by atoms with E-state index in [-0.39, 0.29) is 0 Å². The van der Waals surface area contributed by atoms with Crippen molar-refractivity contribution in [3.8, 4) is 0 Å². The van der Waals surface area contributed by atoms with E-state index in [0.29, 0.717) is 5.92 Å². The second-order valence-electron chi connectivity index (χ2n) is 4.22. The minimum absolute atomic E-state index is 0.558. The Labute approximate surface area is 91.2 Å². The van der Waals surface area contributed by atoms with Crippen LogP contribution in [0.25, 0.3) is 10.9 Å². The van der Waals surface area contributed by atoms with Gasteiger partial charge < -0.3 is 0 Å². The molecule has 0 atom stereocenters. The number of nitrogens with zero attached hydrogens (tertiary/aromatic N) is 1. The number of aromatic nitrogens is 1. The fourth-order valence-electron chi connectivity index (χ4n) is 1.92. The van der Waals surface area contributed by atoms with Gasteiger partial charge in [-0.3, -0.25) is 4.98 Å². The summed E-state index contributed by atoms with van der Waals surface area (Å²) in [6, 6.07) is 10.7. The van der Waals surface area contributed by atoms with Crippen molar-refractivity contribution >= 4 is 10.9 Å². The van der Waals surface area contributed by atoms with Gasteiger partial charge in [-0.2, -0.15) is 0 Å². The van der Waals surface area contributed by atoms with Crippen molar-refractivity contribution in [2.45, 2.75) is 33.1 Å². The number of hydrogen-bond donors (Lipinski definition) is 0. The molecule has 0 amide bonds. The van der Waals surface area contributed by atoms with Crippen molar-refractivity contribution < 1.29 is 0 Å². The van der Waals surface area contributed by atoms with E-state index < -0.39 is 0 Å². The lowest BCUT2D eigenvalue weighted by molar-refractivity contribution is 0.875. The lowest BCUT2D eigenvalue weighted by Gasteiger charge is -2.09. The number of pyridine rings is 1. The zero-order chi connectivity index (χ0) is 10.8. The van der Waals surface area contributed by atoms with Crippen LogP contribution in [0.3, 0.4) is 0 Å². The van der Waals surface area contributed by atoms with Crippen LogP contribution in [0.1, 0.15) is 37.9 Å². The average Bonchev–Trinajstić information content (AvgIpc) is 2.27. The van der Waals surface area contributed by atoms with Crippen LogP contribution in [0.5, 0.6) is 0 Å². The molecule has 2 aromatic rings. The Kier molecular flexibility index (Phi) is 2.72. The second-order valence-corrected chi connectivity index (χ2v) is 4.22. The van der Waals surface area contributed by atoms with Crippen LogP contribution < -0.4 is 0 Å². The monoisotopic (exact) mass is 199 g/mol. The molecule has 1 nitrogen and oxygen atoms in total. The molecule has 0 unspecified atom stereocenters. The predicted molar refractivity (Wildman–Crippen MR) is 65.2 cm³/mol. The summed E-state index contributed by atoms with van der Waals surface area (Å²) in [6.45, 7) is 6.59. The Morgan fingerprint density at radius 1 is 1.13 bits per heavy atom. The van der Waals surface area contributed by atoms with E-state index in [0.717, 1.165) is 11.9 Å². The Balaban J connectivity index is 2.67. The topological polar surface area (TPSA) is 12.9 Å². The Morgan fingerprint density at radius 2 is 1.93 bits per heavy atom. The van der Waals surface area contributed by atoms with E-state index in [4.69, 9.17) is 0 Å². The first-order valence-corrected chi connectivity index (χ1v) is 5.61. The number of hydrogen-bond acceptors (Lipinski definition) is 1. The molecule has 1 aromatic carbocycles. The third-order valence-corrected chi connectivity index (χ3v) is 2.81. The van der Waals surface area contributed by atoms with Crippen molar-refractivity contribution in [1.82, 2.24) is 4.98 Å². The molecule has 0 spiro atoms. The fourth-order valence-corrected chi connectivity index (χ4v) is 1.92. The van der Waals surface area contributed by atoms with Crippen molar-refractivity contribution in [2.75, 3.05) is 0 Å². The molecular formula is C14H17N. The molecular weight excluding hydrogens is 182 g/mol. The number of fused-ring (bicyclic) bond motifs is 1. The van der Waals surface area contributed by atoms with Gasteiger partial charge in [-0.1, -0.05) is 39.0 Å². The van der Waals surface area contributed by atoms with Gasteiger partial charge in [-0.05, 0) is 30.0 Å². The van der Waals surface area contributed by atoms with Crippen LogP contribution in [-0.2, 0) is 6.42 Å². The second kappa shape index (κ2) is 4.01. The van der Waals surface area contributed by atoms with E-state index in [1.165, 1.54) is 16.6 Å². The quantitative estimate of drug-likeness (QED) is 0.714. The summed E-state index contributed by atoms with van der Waals surface area (Å²) in [7, 11) is 0. The van der Waals surface area contributed by atoms with Gasteiger partial charge in [-0.25, -0.2) is 0 Å². The van der Waals surface area contributed by atoms with Crippen molar-refractivity contribution in [3.63, 3.8) is 0 Å². The zero-order valence-electron chi connectivity index (χ0n) is 9.62. The third kappa shape index (κ3) is 1.87. The summed E-state index contributed by atoms with van der Waals surface area (Å²) in [4.78, 5) is 4.64. The van der Waals surface area contributed by atoms with Crippen molar-refractivity contribution in [1.29, 1.82) is 0 Å². The van der Waals surface area contributed by atoms with E-state index in [9.17, 15) is 0 Å². The summed E-state index contributed by atoms with van der Waals surface area (Å²) >= 11 is 0. The zero-order valence-corrected chi connectivity index (χ0v) is 9.62. The number of rotatable bonds is 2. The van der Waals surface area contributed by atoms with Gasteiger partial charge in [0.25, 0.3) is 0 Å². The molecule has 1 heteroatoms. The lowest BCUT2D eigenvalue weighted by Crippen LogP contribution is -1.93. The third-order valence-electron chi connectivity index (χ3n) is 2.81. The molecule has 0 aliphatic rings. The predicted octanol–water partition coefficient (Wildman–Crippen LogP) is 3.92. The number of aryl methyl sites for hydroxylation is 1. The smallest absolute Gasteiger partial charge is 0.0708 e. The number of benzene rings is 1. The summed E-state index contributed by atoms with van der Waals surface area (Å²) < 4.78 is 0. The van der Waals surface area contributed by atoms with Crippen LogP contribution in [-0.4, -0.2) is 4.98 Å². The fraction of sp³-hybridized carbons (Fsp3) is 0.357. The molecule has 1 aromatic heterocycles. The van der Waals surface area contributed by atoms with Crippen LogP contribution in [0.4, 0.5) is 0 Å². The largest absolute Gasteiger partial charge is 0.253 e. The van der Waals surface area contributed by atoms with Crippen LogP contribution in [0, 0.1) is 0 Å². The Morgan fingerprint density at radius 3 is 2.60 bits per heavy atom. The Hall–Kier alpha value is -1.37. The van der Waals surface area contributed by atoms with E-state index in [2.05, 4.69) is 56.1 Å². The minimum Gasteiger partial charge on any atom is -0.253 e. The van der Waals surface area contributed by atoms with E-state index >= 15 is 0 Å². The van der Waals surface area contributed by atoms with Crippen molar-refractivity contribution in [3.05, 3.63) is 41.6 Å². The molecule has 0 fully saturated rings. The summed E-state index contributed by atoms with van der Waals surface area (Å²) in [5.74, 6) is 0.558. The molecule has 1 heterocycles. The maximum absolute atomic E-state index is 4.64. The first-order chi connectivity index (χ1) is 7.22. The van der Waals surface area contributed by atoms with Crippen molar-refractivity contribution in [2.24, 2.45) is 0 Å². The molecule has 0 aliphatic carbocycles. The molecule has 0 saturated carbocycles. The Bertz CT molecular complexity index is 472. The van der Waals surface area contributed by atoms with E-state index in [1.54, 1.807) is 0 Å². The van der Waals surface area contributed by atoms with Gasteiger partial charge in [0.1, 0.15) is 0 Å². The first kappa shape index (κ1) is 10.2. The molecule has 2 rings (SSSR count). The summed E-state index contributed by atoms with van der Waals surface area (Å²) in [5.41, 5.74) is 3.69. The van der Waals surface area contributed by atoms with Crippen LogP contribution >= 0.6 is 0 Å². The standard InChI is InChI=1S/C14H17N/c1-4-11-8-9-13-12(10(2)3)6-5-7-14(13)15-11/h5-10H,4H2,1-3H3. The van der Waals surface area contributed by atoms with Crippen LogP contribution in [0.15, 0.2) is 30.3 Å². The highest BCUT2D eigenvalue weighted by Crippen LogP contribution is 2.24. The molecule has 0 radical (unpaired) electrons. The molecule has 0 aliphatic heterocycles. The summed E-state index contributed by atoms with van der Waals surface area (Å²) in [6.07, 6.45) is 1.00. The average molecular weight is 199 g/mol. The maximum Gasteiger partial charge on any atom is 0.0708 e. The minimum atomic E-state index is 0.558. The lowest BCUT2D eigenvalue weighted by atomic mass is 9.98. The molecule has 78 valence electrons. The molecule has 0 bridgehead atoms. The van der Waals surface area contributed by atoms with Gasteiger partial charge in [0.15, 0.2) is 0 Å².